The van der Waals surface area contributed by atoms with Crippen LogP contribution in [0.2, 0.25) is 5.15 Å². The fraction of sp³-hybridized carbons (Fsp3) is 0.533. The molecule has 0 aromatic carbocycles. The van der Waals surface area contributed by atoms with Crippen LogP contribution in [0.5, 0.6) is 0 Å². The Morgan fingerprint density at radius 2 is 2.40 bits per heavy atom. The number of thiophene rings is 1. The lowest BCUT2D eigenvalue weighted by Gasteiger charge is -2.14. The molecule has 1 fully saturated rings. The average Bonchev–Trinajstić information content (AvgIpc) is 3.02. The number of hydrogen-bond donors (Lipinski definition) is 0. The predicted octanol–water partition coefficient (Wildman–Crippen LogP) is 3.81. The van der Waals surface area contributed by atoms with Gasteiger partial charge >= 0.3 is 0 Å². The molecule has 3 nitrogen and oxygen atoms in total. The highest BCUT2D eigenvalue weighted by Gasteiger charge is 2.22. The van der Waals surface area contributed by atoms with Crippen LogP contribution in [0.15, 0.2) is 18.2 Å². The molecule has 1 unspecified atom stereocenters. The molecule has 5 heteroatoms. The van der Waals surface area contributed by atoms with E-state index in [2.05, 4.69) is 28.9 Å². The van der Waals surface area contributed by atoms with E-state index >= 15 is 0 Å². The standard InChI is InChI=1S/C15H19ClN2OS/c1-2-19-10-11-5-6-18(8-11)9-12-7-13-14(20-12)3-4-15(16)17-13/h3-4,7,11H,2,5-6,8-10H2,1H3. The van der Waals surface area contributed by atoms with Crippen LogP contribution in [0.3, 0.4) is 0 Å². The first-order valence-electron chi connectivity index (χ1n) is 7.09. The zero-order valence-corrected chi connectivity index (χ0v) is 13.2. The van der Waals surface area contributed by atoms with E-state index in [1.54, 1.807) is 0 Å². The molecule has 108 valence electrons. The first-order chi connectivity index (χ1) is 9.74. The Labute approximate surface area is 128 Å². The van der Waals surface area contributed by atoms with Gasteiger partial charge in [0.25, 0.3) is 0 Å². The van der Waals surface area contributed by atoms with Crippen molar-refractivity contribution in [2.75, 3.05) is 26.3 Å². The van der Waals surface area contributed by atoms with Crippen molar-refractivity contribution >= 4 is 33.2 Å². The quantitative estimate of drug-likeness (QED) is 0.785. The van der Waals surface area contributed by atoms with Crippen molar-refractivity contribution in [1.29, 1.82) is 0 Å². The van der Waals surface area contributed by atoms with Gasteiger partial charge in [0.15, 0.2) is 0 Å². The number of likely N-dealkylation sites (tertiary alicyclic amines) is 1. The van der Waals surface area contributed by atoms with Crippen molar-refractivity contribution in [2.45, 2.75) is 19.9 Å². The first kappa shape index (κ1) is 14.3. The first-order valence-corrected chi connectivity index (χ1v) is 8.29. The van der Waals surface area contributed by atoms with Gasteiger partial charge in [-0.15, -0.1) is 11.3 Å². The Kier molecular flexibility index (Phi) is 4.56. The predicted molar refractivity (Wildman–Crippen MR) is 84.5 cm³/mol. The third kappa shape index (κ3) is 3.31. The van der Waals surface area contributed by atoms with E-state index in [0.29, 0.717) is 11.1 Å². The van der Waals surface area contributed by atoms with Crippen LogP contribution in [-0.4, -0.2) is 36.2 Å². The average molecular weight is 311 g/mol. The molecular formula is C15H19ClN2OS. The lowest BCUT2D eigenvalue weighted by Crippen LogP contribution is -2.21. The molecule has 2 aromatic heterocycles. The summed E-state index contributed by atoms with van der Waals surface area (Å²) in [5, 5.41) is 0.569. The highest BCUT2D eigenvalue weighted by molar-refractivity contribution is 7.19. The fourth-order valence-corrected chi connectivity index (χ4v) is 3.92. The van der Waals surface area contributed by atoms with Gasteiger partial charge in [0.2, 0.25) is 0 Å². The van der Waals surface area contributed by atoms with Gasteiger partial charge in [-0.3, -0.25) is 4.90 Å². The summed E-state index contributed by atoms with van der Waals surface area (Å²) >= 11 is 7.75. The molecule has 0 N–H and O–H groups in total. The summed E-state index contributed by atoms with van der Waals surface area (Å²) < 4.78 is 6.75. The summed E-state index contributed by atoms with van der Waals surface area (Å²) in [5.74, 6) is 0.692. The zero-order valence-electron chi connectivity index (χ0n) is 11.6. The van der Waals surface area contributed by atoms with E-state index in [4.69, 9.17) is 16.3 Å². The van der Waals surface area contributed by atoms with Crippen LogP contribution in [0, 0.1) is 5.92 Å². The van der Waals surface area contributed by atoms with Crippen molar-refractivity contribution in [3.05, 3.63) is 28.2 Å². The Balaban J connectivity index is 1.62. The molecule has 3 rings (SSSR count). The van der Waals surface area contributed by atoms with Crippen LogP contribution >= 0.6 is 22.9 Å². The molecule has 0 bridgehead atoms. The van der Waals surface area contributed by atoms with E-state index in [1.807, 2.05) is 17.4 Å². The van der Waals surface area contributed by atoms with Gasteiger partial charge in [0.05, 0.1) is 16.8 Å². The molecule has 0 amide bonds. The lowest BCUT2D eigenvalue weighted by atomic mass is 10.1. The molecule has 0 saturated carbocycles. The zero-order chi connectivity index (χ0) is 13.9. The molecule has 0 spiro atoms. The number of pyridine rings is 1. The second-order valence-corrected chi connectivity index (χ2v) is 6.83. The van der Waals surface area contributed by atoms with Crippen molar-refractivity contribution in [3.8, 4) is 0 Å². The molecule has 20 heavy (non-hydrogen) atoms. The van der Waals surface area contributed by atoms with Crippen molar-refractivity contribution in [3.63, 3.8) is 0 Å². The minimum atomic E-state index is 0.569. The Morgan fingerprint density at radius 1 is 1.50 bits per heavy atom. The van der Waals surface area contributed by atoms with E-state index in [9.17, 15) is 0 Å². The van der Waals surface area contributed by atoms with Gasteiger partial charge in [-0.2, -0.15) is 0 Å². The number of rotatable bonds is 5. The van der Waals surface area contributed by atoms with Crippen molar-refractivity contribution in [1.82, 2.24) is 9.88 Å². The van der Waals surface area contributed by atoms with Crippen molar-refractivity contribution in [2.24, 2.45) is 5.92 Å². The van der Waals surface area contributed by atoms with E-state index in [-0.39, 0.29) is 0 Å². The van der Waals surface area contributed by atoms with E-state index < -0.39 is 0 Å². The third-order valence-electron chi connectivity index (χ3n) is 3.70. The third-order valence-corrected chi connectivity index (χ3v) is 4.98. The van der Waals surface area contributed by atoms with Gasteiger partial charge in [0, 0.05) is 24.6 Å². The molecular weight excluding hydrogens is 292 g/mol. The topological polar surface area (TPSA) is 25.4 Å². The lowest BCUT2D eigenvalue weighted by molar-refractivity contribution is 0.112. The fourth-order valence-electron chi connectivity index (χ4n) is 2.73. The number of fused-ring (bicyclic) bond motifs is 1. The molecule has 0 aliphatic carbocycles. The summed E-state index contributed by atoms with van der Waals surface area (Å²) in [6.45, 7) is 7.10. The van der Waals surface area contributed by atoms with Gasteiger partial charge in [-0.05, 0) is 44.0 Å². The summed E-state index contributed by atoms with van der Waals surface area (Å²) in [4.78, 5) is 8.24. The number of aromatic nitrogens is 1. The van der Waals surface area contributed by atoms with Crippen LogP contribution in [0.4, 0.5) is 0 Å². The largest absolute Gasteiger partial charge is 0.381 e. The SMILES string of the molecule is CCOCC1CCN(Cc2cc3nc(Cl)ccc3s2)C1. The van der Waals surface area contributed by atoms with Crippen LogP contribution < -0.4 is 0 Å². The smallest absolute Gasteiger partial charge is 0.129 e. The molecule has 1 atom stereocenters. The van der Waals surface area contributed by atoms with Crippen LogP contribution in [0.25, 0.3) is 10.2 Å². The normalized spacial score (nSPS) is 20.0. The highest BCUT2D eigenvalue weighted by atomic mass is 35.5. The van der Waals surface area contributed by atoms with Gasteiger partial charge in [-0.25, -0.2) is 4.98 Å². The molecule has 1 aliphatic heterocycles. The number of halogens is 1. The Morgan fingerprint density at radius 3 is 3.25 bits per heavy atom. The molecule has 1 aliphatic rings. The second kappa shape index (κ2) is 6.39. The molecule has 2 aromatic rings. The van der Waals surface area contributed by atoms with Crippen LogP contribution in [-0.2, 0) is 11.3 Å². The summed E-state index contributed by atoms with van der Waals surface area (Å²) in [5.41, 5.74) is 1.02. The maximum atomic E-state index is 5.94. The summed E-state index contributed by atoms with van der Waals surface area (Å²) in [7, 11) is 0. The van der Waals surface area contributed by atoms with E-state index in [1.165, 1.54) is 22.5 Å². The summed E-state index contributed by atoms with van der Waals surface area (Å²) in [6, 6.07) is 6.08. The molecule has 3 heterocycles. The number of ether oxygens (including phenoxy) is 1. The molecule has 1 saturated heterocycles. The monoisotopic (exact) mass is 310 g/mol. The Hall–Kier alpha value is -0.680. The minimum Gasteiger partial charge on any atom is -0.381 e. The van der Waals surface area contributed by atoms with Gasteiger partial charge in [0.1, 0.15) is 5.15 Å². The van der Waals surface area contributed by atoms with Crippen molar-refractivity contribution < 1.29 is 4.74 Å². The maximum Gasteiger partial charge on any atom is 0.129 e. The highest BCUT2D eigenvalue weighted by Crippen LogP contribution is 2.28. The second-order valence-electron chi connectivity index (χ2n) is 5.28. The summed E-state index contributed by atoms with van der Waals surface area (Å²) in [6.07, 6.45) is 1.25. The van der Waals surface area contributed by atoms with Crippen LogP contribution in [0.1, 0.15) is 18.2 Å². The molecule has 0 radical (unpaired) electrons. The number of hydrogen-bond acceptors (Lipinski definition) is 4. The minimum absolute atomic E-state index is 0.569. The van der Waals surface area contributed by atoms with Gasteiger partial charge < -0.3 is 4.74 Å². The van der Waals surface area contributed by atoms with Gasteiger partial charge in [-0.1, -0.05) is 11.6 Å². The maximum absolute atomic E-state index is 5.94. The Bertz CT molecular complexity index is 586. The number of nitrogens with zero attached hydrogens (tertiary/aromatic N) is 2. The van der Waals surface area contributed by atoms with E-state index in [0.717, 1.165) is 31.8 Å².